The van der Waals surface area contributed by atoms with Crippen LogP contribution in [-0.2, 0) is 4.79 Å². The van der Waals surface area contributed by atoms with Crippen molar-refractivity contribution < 1.29 is 23.6 Å². The number of benzene rings is 1. The molecule has 3 aromatic rings. The molecule has 1 aliphatic rings. The molecule has 0 saturated carbocycles. The van der Waals surface area contributed by atoms with Crippen LogP contribution in [0.4, 0.5) is 4.39 Å². The monoisotopic (exact) mass is 437 g/mol. The quantitative estimate of drug-likeness (QED) is 0.470. The molecule has 0 radical (unpaired) electrons. The normalized spacial score (nSPS) is 16.2. The number of piperazine rings is 1. The molecule has 3 amide bonds. The minimum absolute atomic E-state index is 0.0166. The third-order valence-corrected chi connectivity index (χ3v) is 5.55. The fourth-order valence-electron chi connectivity index (χ4n) is 3.93. The molecule has 0 spiro atoms. The van der Waals surface area contributed by atoms with E-state index in [1.807, 2.05) is 0 Å². The van der Waals surface area contributed by atoms with E-state index in [4.69, 9.17) is 5.73 Å². The molecule has 3 N–H and O–H groups in total. The number of carbonyl (C=O) groups is 4. The van der Waals surface area contributed by atoms with Crippen molar-refractivity contribution in [2.24, 2.45) is 5.73 Å². The third-order valence-electron chi connectivity index (χ3n) is 5.55. The summed E-state index contributed by atoms with van der Waals surface area (Å²) in [4.78, 5) is 59.8. The predicted octanol–water partition coefficient (Wildman–Crippen LogP) is 1.36. The van der Waals surface area contributed by atoms with Gasteiger partial charge in [-0.05, 0) is 31.2 Å². The number of carbonyl (C=O) groups excluding carboxylic acids is 4. The molecule has 10 heteroatoms. The number of aromatic nitrogens is 2. The Morgan fingerprint density at radius 3 is 2.56 bits per heavy atom. The zero-order valence-corrected chi connectivity index (χ0v) is 17.2. The van der Waals surface area contributed by atoms with Crippen molar-refractivity contribution in [3.63, 3.8) is 0 Å². The molecule has 2 aromatic heterocycles. The van der Waals surface area contributed by atoms with Crippen molar-refractivity contribution in [2.75, 3.05) is 19.6 Å². The second-order valence-electron chi connectivity index (χ2n) is 7.55. The highest BCUT2D eigenvalue weighted by molar-refractivity contribution is 6.45. The van der Waals surface area contributed by atoms with E-state index in [-0.39, 0.29) is 47.6 Å². The number of pyridine rings is 1. The minimum Gasteiger partial charge on any atom is -0.366 e. The zero-order chi connectivity index (χ0) is 23.0. The number of Topliss-reactive ketones (excluding diaryl/α,β-unsaturated/α-hetero) is 1. The van der Waals surface area contributed by atoms with Crippen LogP contribution in [0.5, 0.6) is 0 Å². The molecule has 0 aliphatic carbocycles. The van der Waals surface area contributed by atoms with Gasteiger partial charge in [0.2, 0.25) is 0 Å². The van der Waals surface area contributed by atoms with Crippen LogP contribution in [-0.4, -0.2) is 68.9 Å². The molecule has 1 fully saturated rings. The van der Waals surface area contributed by atoms with Gasteiger partial charge in [0, 0.05) is 43.5 Å². The van der Waals surface area contributed by atoms with Crippen LogP contribution in [0.1, 0.15) is 38.1 Å². The maximum absolute atomic E-state index is 14.5. The van der Waals surface area contributed by atoms with Crippen molar-refractivity contribution in [2.45, 2.75) is 13.0 Å². The Balaban J connectivity index is 1.54. The highest BCUT2D eigenvalue weighted by Crippen LogP contribution is 2.26. The van der Waals surface area contributed by atoms with Crippen LogP contribution < -0.4 is 5.73 Å². The SMILES string of the molecule is C[C@@H]1CN(C(=O)c2ccccn2)CCN1C(=O)C(=O)c1c[nH]c2c(C(N)=O)ccc(F)c12. The van der Waals surface area contributed by atoms with Gasteiger partial charge in [-0.2, -0.15) is 0 Å². The molecular weight excluding hydrogens is 417 g/mol. The number of rotatable bonds is 4. The summed E-state index contributed by atoms with van der Waals surface area (Å²) in [6, 6.07) is 6.84. The van der Waals surface area contributed by atoms with Gasteiger partial charge in [-0.3, -0.25) is 24.2 Å². The summed E-state index contributed by atoms with van der Waals surface area (Å²) in [6.07, 6.45) is 2.73. The summed E-state index contributed by atoms with van der Waals surface area (Å²) in [5.41, 5.74) is 5.52. The molecule has 4 rings (SSSR count). The van der Waals surface area contributed by atoms with Crippen LogP contribution in [0.15, 0.2) is 42.7 Å². The van der Waals surface area contributed by atoms with Gasteiger partial charge in [-0.1, -0.05) is 6.07 Å². The minimum atomic E-state index is -0.909. The number of hydrogen-bond acceptors (Lipinski definition) is 5. The smallest absolute Gasteiger partial charge is 0.295 e. The van der Waals surface area contributed by atoms with E-state index in [2.05, 4.69) is 9.97 Å². The summed E-state index contributed by atoms with van der Waals surface area (Å²) in [6.45, 7) is 2.32. The van der Waals surface area contributed by atoms with E-state index in [9.17, 15) is 23.6 Å². The number of halogens is 1. The van der Waals surface area contributed by atoms with Gasteiger partial charge < -0.3 is 20.5 Å². The number of H-pyrrole nitrogens is 1. The van der Waals surface area contributed by atoms with E-state index in [1.54, 1.807) is 30.0 Å². The molecule has 3 heterocycles. The summed E-state index contributed by atoms with van der Waals surface area (Å²) in [5.74, 6) is -3.51. The third kappa shape index (κ3) is 3.59. The fourth-order valence-corrected chi connectivity index (χ4v) is 3.93. The second-order valence-corrected chi connectivity index (χ2v) is 7.55. The van der Waals surface area contributed by atoms with Gasteiger partial charge in [0.05, 0.1) is 16.6 Å². The summed E-state index contributed by atoms with van der Waals surface area (Å²) in [5, 5.41) is -0.156. The van der Waals surface area contributed by atoms with E-state index in [0.717, 1.165) is 6.07 Å². The van der Waals surface area contributed by atoms with E-state index >= 15 is 0 Å². The van der Waals surface area contributed by atoms with Crippen LogP contribution in [0.3, 0.4) is 0 Å². The fraction of sp³-hybridized carbons (Fsp3) is 0.227. The van der Waals surface area contributed by atoms with Crippen molar-refractivity contribution in [3.8, 4) is 0 Å². The number of ketones is 1. The molecule has 1 aromatic carbocycles. The number of hydrogen-bond donors (Lipinski definition) is 2. The Morgan fingerprint density at radius 2 is 1.91 bits per heavy atom. The lowest BCUT2D eigenvalue weighted by Gasteiger charge is -2.39. The highest BCUT2D eigenvalue weighted by atomic mass is 19.1. The van der Waals surface area contributed by atoms with E-state index in [1.165, 1.54) is 23.4 Å². The Labute approximate surface area is 182 Å². The van der Waals surface area contributed by atoms with Crippen molar-refractivity contribution in [3.05, 3.63) is 65.4 Å². The van der Waals surface area contributed by atoms with Gasteiger partial charge in [0.25, 0.3) is 23.5 Å². The number of aromatic amines is 1. The summed E-state index contributed by atoms with van der Waals surface area (Å²) in [7, 11) is 0. The average Bonchev–Trinajstić information content (AvgIpc) is 3.24. The van der Waals surface area contributed by atoms with Crippen LogP contribution in [0, 0.1) is 5.82 Å². The molecule has 32 heavy (non-hydrogen) atoms. The largest absolute Gasteiger partial charge is 0.366 e. The first-order valence-electron chi connectivity index (χ1n) is 9.94. The lowest BCUT2D eigenvalue weighted by Crippen LogP contribution is -2.56. The van der Waals surface area contributed by atoms with Gasteiger partial charge in [0.1, 0.15) is 11.5 Å². The first-order valence-corrected chi connectivity index (χ1v) is 9.94. The second kappa shape index (κ2) is 8.22. The van der Waals surface area contributed by atoms with Crippen LogP contribution in [0.25, 0.3) is 10.9 Å². The molecule has 0 bridgehead atoms. The number of nitrogens with zero attached hydrogens (tertiary/aromatic N) is 3. The van der Waals surface area contributed by atoms with Crippen LogP contribution in [0.2, 0.25) is 0 Å². The molecule has 9 nitrogen and oxygen atoms in total. The predicted molar refractivity (Wildman–Crippen MR) is 112 cm³/mol. The molecule has 1 saturated heterocycles. The van der Waals surface area contributed by atoms with Crippen molar-refractivity contribution >= 4 is 34.4 Å². The van der Waals surface area contributed by atoms with Gasteiger partial charge in [-0.15, -0.1) is 0 Å². The number of nitrogens with two attached hydrogens (primary N) is 1. The van der Waals surface area contributed by atoms with Gasteiger partial charge in [0.15, 0.2) is 0 Å². The molecule has 164 valence electrons. The maximum atomic E-state index is 14.5. The summed E-state index contributed by atoms with van der Waals surface area (Å²) < 4.78 is 14.5. The lowest BCUT2D eigenvalue weighted by atomic mass is 10.0. The molecule has 0 unspecified atom stereocenters. The molecule has 1 aliphatic heterocycles. The van der Waals surface area contributed by atoms with Crippen molar-refractivity contribution in [1.29, 1.82) is 0 Å². The van der Waals surface area contributed by atoms with Gasteiger partial charge in [-0.25, -0.2) is 4.39 Å². The average molecular weight is 437 g/mol. The maximum Gasteiger partial charge on any atom is 0.295 e. The van der Waals surface area contributed by atoms with Crippen LogP contribution >= 0.6 is 0 Å². The Hall–Kier alpha value is -4.08. The number of nitrogens with one attached hydrogen (secondary N) is 1. The first kappa shape index (κ1) is 21.2. The lowest BCUT2D eigenvalue weighted by molar-refractivity contribution is -0.130. The van der Waals surface area contributed by atoms with Gasteiger partial charge >= 0.3 is 0 Å². The number of primary amides is 1. The standard InChI is InChI=1S/C22H20FN5O4/c1-12-11-27(21(31)16-4-2-3-7-25-16)8-9-28(12)22(32)19(29)14-10-26-18-13(20(24)30)5-6-15(23)17(14)18/h2-7,10,12,26H,8-9,11H2,1H3,(H2,24,30)/t12-/m1/s1. The Bertz CT molecular complexity index is 1240. The summed E-state index contributed by atoms with van der Waals surface area (Å²) >= 11 is 0. The molecular formula is C22H20FN5O4. The number of amides is 3. The molecule has 1 atom stereocenters. The van der Waals surface area contributed by atoms with Crippen molar-refractivity contribution in [1.82, 2.24) is 19.8 Å². The zero-order valence-electron chi connectivity index (χ0n) is 17.2. The number of fused-ring (bicyclic) bond motifs is 1. The van der Waals surface area contributed by atoms with E-state index in [0.29, 0.717) is 5.69 Å². The van der Waals surface area contributed by atoms with E-state index < -0.39 is 29.5 Å². The first-order chi connectivity index (χ1) is 15.3. The Kier molecular flexibility index (Phi) is 5.43. The topological polar surface area (TPSA) is 129 Å². The Morgan fingerprint density at radius 1 is 1.12 bits per heavy atom. The highest BCUT2D eigenvalue weighted by Gasteiger charge is 2.35.